The molecule has 1 aromatic heterocycles. The number of sulfone groups is 1. The summed E-state index contributed by atoms with van der Waals surface area (Å²) in [5.41, 5.74) is -0.240. The van der Waals surface area contributed by atoms with Gasteiger partial charge in [0.25, 0.3) is 0 Å². The van der Waals surface area contributed by atoms with Gasteiger partial charge < -0.3 is 5.32 Å². The van der Waals surface area contributed by atoms with Crippen LogP contribution in [0.25, 0.3) is 0 Å². The molecule has 2 unspecified atom stereocenters. The molecule has 18 heavy (non-hydrogen) atoms. The van der Waals surface area contributed by atoms with Crippen LogP contribution in [0, 0.1) is 5.92 Å². The highest BCUT2D eigenvalue weighted by Crippen LogP contribution is 2.44. The topological polar surface area (TPSA) is 46.2 Å². The van der Waals surface area contributed by atoms with Crippen LogP contribution in [0.5, 0.6) is 0 Å². The fraction of sp³-hybridized carbons (Fsp3) is 0.692. The predicted octanol–water partition coefficient (Wildman–Crippen LogP) is 2.37. The summed E-state index contributed by atoms with van der Waals surface area (Å²) < 4.78 is 23.3. The third kappa shape index (κ3) is 2.63. The molecule has 2 atom stereocenters. The molecule has 1 N–H and O–H groups in total. The maximum Gasteiger partial charge on any atom is 0.152 e. The number of nitrogens with one attached hydrogen (secondary N) is 1. The zero-order chi connectivity index (χ0) is 12.8. The van der Waals surface area contributed by atoms with E-state index in [4.69, 9.17) is 0 Å². The molecule has 1 aliphatic carbocycles. The smallest absolute Gasteiger partial charge is 0.152 e. The molecule has 3 rings (SSSR count). The third-order valence-electron chi connectivity index (χ3n) is 3.95. The molecular weight excluding hydrogens is 266 g/mol. The summed E-state index contributed by atoms with van der Waals surface area (Å²) in [5, 5.41) is 5.74. The van der Waals surface area contributed by atoms with E-state index in [-0.39, 0.29) is 11.3 Å². The Hall–Kier alpha value is -0.390. The lowest BCUT2D eigenvalue weighted by atomic mass is 9.98. The van der Waals surface area contributed by atoms with Gasteiger partial charge in [-0.2, -0.15) is 0 Å². The van der Waals surface area contributed by atoms with Crippen molar-refractivity contribution in [3.63, 3.8) is 0 Å². The van der Waals surface area contributed by atoms with Gasteiger partial charge >= 0.3 is 0 Å². The van der Waals surface area contributed by atoms with Gasteiger partial charge in [-0.25, -0.2) is 8.42 Å². The number of rotatable bonds is 4. The Balaban J connectivity index is 1.78. The molecule has 1 aromatic rings. The van der Waals surface area contributed by atoms with Crippen molar-refractivity contribution in [2.24, 2.45) is 5.92 Å². The first kappa shape index (κ1) is 12.6. The van der Waals surface area contributed by atoms with E-state index >= 15 is 0 Å². The van der Waals surface area contributed by atoms with E-state index in [2.05, 4.69) is 29.8 Å². The van der Waals surface area contributed by atoms with E-state index in [0.29, 0.717) is 17.7 Å². The van der Waals surface area contributed by atoms with Crippen molar-refractivity contribution in [2.75, 3.05) is 11.5 Å². The van der Waals surface area contributed by atoms with Gasteiger partial charge in [0.1, 0.15) is 0 Å². The first-order valence-corrected chi connectivity index (χ1v) is 9.19. The predicted molar refractivity (Wildman–Crippen MR) is 74.6 cm³/mol. The quantitative estimate of drug-likeness (QED) is 0.924. The van der Waals surface area contributed by atoms with Crippen molar-refractivity contribution < 1.29 is 8.42 Å². The Kier molecular flexibility index (Phi) is 3.03. The van der Waals surface area contributed by atoms with Crippen molar-refractivity contribution in [3.8, 4) is 0 Å². The third-order valence-corrected chi connectivity index (χ3v) is 6.81. The maximum atomic E-state index is 11.7. The minimum atomic E-state index is -2.83. The number of thiophene rings is 1. The summed E-state index contributed by atoms with van der Waals surface area (Å²) in [5.74, 6) is 1.32. The van der Waals surface area contributed by atoms with Gasteiger partial charge in [-0.05, 0) is 43.6 Å². The van der Waals surface area contributed by atoms with Crippen molar-refractivity contribution in [2.45, 2.75) is 37.8 Å². The molecule has 2 heterocycles. The molecule has 1 saturated carbocycles. The summed E-state index contributed by atoms with van der Waals surface area (Å²) in [7, 11) is -2.83. The van der Waals surface area contributed by atoms with Gasteiger partial charge in [-0.15, -0.1) is 11.3 Å². The first-order chi connectivity index (χ1) is 8.48. The van der Waals surface area contributed by atoms with E-state index in [9.17, 15) is 8.42 Å². The molecular formula is C13H19NO2S2. The fourth-order valence-corrected chi connectivity index (χ4v) is 5.79. The molecule has 0 amide bonds. The Morgan fingerprint density at radius 1 is 1.50 bits per heavy atom. The summed E-state index contributed by atoms with van der Waals surface area (Å²) in [4.78, 5) is 1.35. The van der Waals surface area contributed by atoms with E-state index in [1.165, 1.54) is 17.7 Å². The molecule has 5 heteroatoms. The molecule has 0 radical (unpaired) electrons. The normalized spacial score (nSPS) is 32.5. The SMILES string of the molecule is CC1(NC(c2cccs2)C2CC2)CCS(=O)(=O)C1. The van der Waals surface area contributed by atoms with Gasteiger partial charge in [-0.3, -0.25) is 0 Å². The van der Waals surface area contributed by atoms with Crippen LogP contribution < -0.4 is 5.32 Å². The maximum absolute atomic E-state index is 11.7. The average Bonchev–Trinajstić information content (AvgIpc) is 2.90. The number of hydrogen-bond donors (Lipinski definition) is 1. The van der Waals surface area contributed by atoms with Gasteiger partial charge in [0.15, 0.2) is 9.84 Å². The monoisotopic (exact) mass is 285 g/mol. The van der Waals surface area contributed by atoms with Crippen LogP contribution in [0.15, 0.2) is 17.5 Å². The van der Waals surface area contributed by atoms with Gasteiger partial charge in [-0.1, -0.05) is 6.07 Å². The largest absolute Gasteiger partial charge is 0.303 e. The van der Waals surface area contributed by atoms with E-state index in [1.54, 1.807) is 11.3 Å². The van der Waals surface area contributed by atoms with Crippen molar-refractivity contribution in [3.05, 3.63) is 22.4 Å². The molecule has 0 spiro atoms. The second-order valence-electron chi connectivity index (χ2n) is 5.88. The Bertz CT molecular complexity index is 519. The molecule has 3 nitrogen and oxygen atoms in total. The van der Waals surface area contributed by atoms with E-state index in [1.807, 2.05) is 0 Å². The second-order valence-corrected chi connectivity index (χ2v) is 9.04. The summed E-state index contributed by atoms with van der Waals surface area (Å²) >= 11 is 1.77. The Morgan fingerprint density at radius 3 is 2.78 bits per heavy atom. The van der Waals surface area contributed by atoms with Crippen LogP contribution in [0.2, 0.25) is 0 Å². The Morgan fingerprint density at radius 2 is 2.28 bits per heavy atom. The van der Waals surface area contributed by atoms with Crippen molar-refractivity contribution in [1.29, 1.82) is 0 Å². The van der Waals surface area contributed by atoms with Crippen LogP contribution in [-0.4, -0.2) is 25.5 Å². The summed E-state index contributed by atoms with van der Waals surface area (Å²) in [6.07, 6.45) is 3.26. The van der Waals surface area contributed by atoms with Gasteiger partial charge in [0, 0.05) is 16.5 Å². The molecule has 0 bridgehead atoms. The molecule has 0 aromatic carbocycles. The average molecular weight is 285 g/mol. The van der Waals surface area contributed by atoms with Crippen LogP contribution >= 0.6 is 11.3 Å². The van der Waals surface area contributed by atoms with Gasteiger partial charge in [0.05, 0.1) is 11.5 Å². The van der Waals surface area contributed by atoms with E-state index in [0.717, 1.165) is 6.42 Å². The summed E-state index contributed by atoms with van der Waals surface area (Å²) in [6, 6.07) is 4.58. The lowest BCUT2D eigenvalue weighted by molar-refractivity contribution is 0.325. The minimum absolute atomic E-state index is 0.240. The molecule has 1 aliphatic heterocycles. The standard InChI is InChI=1S/C13H19NO2S2/c1-13(6-8-18(15,16)9-13)14-12(10-4-5-10)11-3-2-7-17-11/h2-3,7,10,12,14H,4-6,8-9H2,1H3. The van der Waals surface area contributed by atoms with Crippen LogP contribution in [0.1, 0.15) is 37.1 Å². The van der Waals surface area contributed by atoms with Crippen LogP contribution in [0.4, 0.5) is 0 Å². The highest BCUT2D eigenvalue weighted by atomic mass is 32.2. The molecule has 2 aliphatic rings. The number of hydrogen-bond acceptors (Lipinski definition) is 4. The molecule has 100 valence electrons. The highest BCUT2D eigenvalue weighted by Gasteiger charge is 2.43. The summed E-state index contributed by atoms with van der Waals surface area (Å²) in [6.45, 7) is 2.06. The molecule has 1 saturated heterocycles. The van der Waals surface area contributed by atoms with Crippen LogP contribution in [0.3, 0.4) is 0 Å². The van der Waals surface area contributed by atoms with Crippen LogP contribution in [-0.2, 0) is 9.84 Å². The highest BCUT2D eigenvalue weighted by molar-refractivity contribution is 7.91. The minimum Gasteiger partial charge on any atom is -0.303 e. The van der Waals surface area contributed by atoms with E-state index < -0.39 is 9.84 Å². The fourth-order valence-electron chi connectivity index (χ4n) is 2.82. The van der Waals surface area contributed by atoms with Crippen molar-refractivity contribution >= 4 is 21.2 Å². The zero-order valence-corrected chi connectivity index (χ0v) is 12.2. The zero-order valence-electron chi connectivity index (χ0n) is 10.6. The lowest BCUT2D eigenvalue weighted by Gasteiger charge is -2.30. The van der Waals surface area contributed by atoms with Gasteiger partial charge in [0.2, 0.25) is 0 Å². The van der Waals surface area contributed by atoms with Crippen molar-refractivity contribution in [1.82, 2.24) is 5.32 Å². The molecule has 2 fully saturated rings. The Labute approximate surface area is 113 Å². The second kappa shape index (κ2) is 4.32. The first-order valence-electron chi connectivity index (χ1n) is 6.49. The lowest BCUT2D eigenvalue weighted by Crippen LogP contribution is -2.45.